The molecule has 1 atom stereocenters. The Bertz CT molecular complexity index is 677. The van der Waals surface area contributed by atoms with E-state index in [-0.39, 0.29) is 35.9 Å². The van der Waals surface area contributed by atoms with E-state index in [0.29, 0.717) is 5.91 Å². The highest BCUT2D eigenvalue weighted by atomic mass is 127. The first-order valence-electron chi connectivity index (χ1n) is 10.6. The third kappa shape index (κ3) is 6.76. The van der Waals surface area contributed by atoms with Crippen LogP contribution in [0.1, 0.15) is 44.1 Å². The van der Waals surface area contributed by atoms with Crippen molar-refractivity contribution in [3.8, 4) is 5.75 Å². The summed E-state index contributed by atoms with van der Waals surface area (Å²) < 4.78 is 5.41. The van der Waals surface area contributed by atoms with E-state index >= 15 is 0 Å². The lowest BCUT2D eigenvalue weighted by molar-refractivity contribution is -0.135. The van der Waals surface area contributed by atoms with E-state index in [0.717, 1.165) is 57.0 Å². The molecule has 0 aromatic heterocycles. The van der Waals surface area contributed by atoms with Crippen LogP contribution in [0.5, 0.6) is 5.75 Å². The molecule has 1 amide bonds. The molecule has 29 heavy (non-hydrogen) atoms. The fraction of sp³-hybridized carbons (Fsp3) is 0.636. The van der Waals surface area contributed by atoms with Gasteiger partial charge in [0, 0.05) is 38.6 Å². The number of para-hydroxylation sites is 1. The largest absolute Gasteiger partial charge is 0.496 e. The van der Waals surface area contributed by atoms with E-state index in [1.54, 1.807) is 14.2 Å². The molecule has 1 heterocycles. The summed E-state index contributed by atoms with van der Waals surface area (Å²) in [7, 11) is 3.49. The Morgan fingerprint density at radius 3 is 2.69 bits per heavy atom. The number of guanidine groups is 1. The third-order valence-electron chi connectivity index (χ3n) is 5.90. The van der Waals surface area contributed by atoms with E-state index in [4.69, 9.17) is 4.74 Å². The second-order valence-electron chi connectivity index (χ2n) is 7.81. The molecule has 0 bridgehead atoms. The second kappa shape index (κ2) is 12.2. The molecule has 1 saturated carbocycles. The zero-order valence-corrected chi connectivity index (χ0v) is 20.0. The number of likely N-dealkylation sites (tertiary alicyclic amines) is 1. The van der Waals surface area contributed by atoms with Crippen molar-refractivity contribution in [1.82, 2.24) is 15.5 Å². The van der Waals surface area contributed by atoms with E-state index in [9.17, 15) is 4.79 Å². The Labute approximate surface area is 191 Å². The van der Waals surface area contributed by atoms with Crippen molar-refractivity contribution >= 4 is 35.8 Å². The number of hydrogen-bond acceptors (Lipinski definition) is 3. The van der Waals surface area contributed by atoms with Crippen molar-refractivity contribution in [1.29, 1.82) is 0 Å². The maximum Gasteiger partial charge on any atom is 0.225 e. The average molecular weight is 514 g/mol. The summed E-state index contributed by atoms with van der Waals surface area (Å²) in [5.74, 6) is 2.33. The molecular formula is C22H35IN4O2. The molecule has 7 heteroatoms. The molecule has 3 rings (SSSR count). The van der Waals surface area contributed by atoms with Crippen molar-refractivity contribution in [3.63, 3.8) is 0 Å². The van der Waals surface area contributed by atoms with E-state index in [1.165, 1.54) is 24.8 Å². The Kier molecular flexibility index (Phi) is 10.0. The predicted octanol–water partition coefficient (Wildman–Crippen LogP) is 3.20. The first-order chi connectivity index (χ1) is 13.7. The Balaban J connectivity index is 0.00000300. The monoisotopic (exact) mass is 514 g/mol. The summed E-state index contributed by atoms with van der Waals surface area (Å²) in [6.07, 6.45) is 7.67. The maximum atomic E-state index is 12.7. The zero-order chi connectivity index (χ0) is 19.8. The van der Waals surface area contributed by atoms with Crippen molar-refractivity contribution < 1.29 is 9.53 Å². The number of benzene rings is 1. The molecule has 0 radical (unpaired) electrons. The topological polar surface area (TPSA) is 66.0 Å². The normalized spacial score (nSPS) is 20.1. The van der Waals surface area contributed by atoms with Crippen LogP contribution >= 0.6 is 24.0 Å². The smallest absolute Gasteiger partial charge is 0.225 e. The predicted molar refractivity (Wildman–Crippen MR) is 128 cm³/mol. The molecule has 1 aromatic rings. The molecule has 1 saturated heterocycles. The van der Waals surface area contributed by atoms with Crippen LogP contribution in [0.25, 0.3) is 0 Å². The molecule has 1 unspecified atom stereocenters. The molecule has 2 N–H and O–H groups in total. The summed E-state index contributed by atoms with van der Waals surface area (Å²) in [5, 5.41) is 6.87. The minimum absolute atomic E-state index is 0. The van der Waals surface area contributed by atoms with Gasteiger partial charge in [-0.2, -0.15) is 0 Å². The lowest BCUT2D eigenvalue weighted by Gasteiger charge is -2.26. The quantitative estimate of drug-likeness (QED) is 0.348. The van der Waals surface area contributed by atoms with Gasteiger partial charge in [-0.3, -0.25) is 9.79 Å². The van der Waals surface area contributed by atoms with Gasteiger partial charge in [0.2, 0.25) is 5.91 Å². The van der Waals surface area contributed by atoms with Gasteiger partial charge >= 0.3 is 0 Å². The minimum Gasteiger partial charge on any atom is -0.496 e. The Hall–Kier alpha value is -1.51. The van der Waals surface area contributed by atoms with Gasteiger partial charge in [-0.05, 0) is 37.3 Å². The summed E-state index contributed by atoms with van der Waals surface area (Å²) in [6.45, 7) is 2.41. The van der Waals surface area contributed by atoms with Gasteiger partial charge in [-0.1, -0.05) is 37.5 Å². The number of ether oxygens (including phenoxy) is 1. The number of carbonyl (C=O) groups is 1. The molecule has 6 nitrogen and oxygen atoms in total. The van der Waals surface area contributed by atoms with E-state index in [1.807, 2.05) is 18.2 Å². The van der Waals surface area contributed by atoms with E-state index in [2.05, 4.69) is 26.6 Å². The number of nitrogens with zero attached hydrogens (tertiary/aromatic N) is 2. The summed E-state index contributed by atoms with van der Waals surface area (Å²) in [4.78, 5) is 19.1. The summed E-state index contributed by atoms with van der Waals surface area (Å²) >= 11 is 0. The average Bonchev–Trinajstić information content (AvgIpc) is 3.22. The minimum atomic E-state index is 0. The first-order valence-corrected chi connectivity index (χ1v) is 10.6. The van der Waals surface area contributed by atoms with Crippen LogP contribution in [0.2, 0.25) is 0 Å². The van der Waals surface area contributed by atoms with Crippen molar-refractivity contribution in [2.45, 2.75) is 51.0 Å². The SMILES string of the molecule is CN=C(NCCc1ccccc1OC)NC1CCN(C(=O)C2CCCCC2)C1.I. The number of nitrogens with one attached hydrogen (secondary N) is 2. The number of amides is 1. The number of rotatable bonds is 6. The third-order valence-corrected chi connectivity index (χ3v) is 5.90. The fourth-order valence-corrected chi connectivity index (χ4v) is 4.30. The number of carbonyl (C=O) groups excluding carboxylic acids is 1. The lowest BCUT2D eigenvalue weighted by atomic mass is 9.88. The van der Waals surface area contributed by atoms with Crippen LogP contribution in [0.15, 0.2) is 29.3 Å². The van der Waals surface area contributed by atoms with Gasteiger partial charge in [-0.15, -0.1) is 24.0 Å². The number of halogens is 1. The number of aliphatic imine (C=N–C) groups is 1. The highest BCUT2D eigenvalue weighted by Crippen LogP contribution is 2.26. The van der Waals surface area contributed by atoms with Crippen LogP contribution in [-0.4, -0.2) is 56.6 Å². The van der Waals surface area contributed by atoms with Crippen LogP contribution in [0, 0.1) is 5.92 Å². The molecular weight excluding hydrogens is 479 g/mol. The van der Waals surface area contributed by atoms with Crippen molar-refractivity contribution in [3.05, 3.63) is 29.8 Å². The van der Waals surface area contributed by atoms with Gasteiger partial charge < -0.3 is 20.3 Å². The van der Waals surface area contributed by atoms with Crippen molar-refractivity contribution in [2.75, 3.05) is 33.8 Å². The van der Waals surface area contributed by atoms with Gasteiger partial charge in [-0.25, -0.2) is 0 Å². The summed E-state index contributed by atoms with van der Waals surface area (Å²) in [6, 6.07) is 8.35. The van der Waals surface area contributed by atoms with Crippen molar-refractivity contribution in [2.24, 2.45) is 10.9 Å². The zero-order valence-electron chi connectivity index (χ0n) is 17.7. The van der Waals surface area contributed by atoms with Crippen LogP contribution in [0.4, 0.5) is 0 Å². The molecule has 1 aliphatic carbocycles. The van der Waals surface area contributed by atoms with Gasteiger partial charge in [0.05, 0.1) is 7.11 Å². The van der Waals surface area contributed by atoms with Crippen LogP contribution in [0.3, 0.4) is 0 Å². The molecule has 0 spiro atoms. The molecule has 2 aliphatic rings. The maximum absolute atomic E-state index is 12.7. The lowest BCUT2D eigenvalue weighted by Crippen LogP contribution is -2.46. The van der Waals surface area contributed by atoms with E-state index < -0.39 is 0 Å². The standard InChI is InChI=1S/C22H34N4O2.HI/c1-23-22(24-14-12-17-8-6-7-11-20(17)28-2)25-19-13-15-26(16-19)21(27)18-9-4-3-5-10-18;/h6-8,11,18-19H,3-5,9-10,12-16H2,1-2H3,(H2,23,24,25);1H. The molecule has 1 aromatic carbocycles. The highest BCUT2D eigenvalue weighted by molar-refractivity contribution is 14.0. The molecule has 1 aliphatic heterocycles. The fourth-order valence-electron chi connectivity index (χ4n) is 4.30. The number of methoxy groups -OCH3 is 1. The van der Waals surface area contributed by atoms with Gasteiger partial charge in [0.1, 0.15) is 5.75 Å². The van der Waals surface area contributed by atoms with Gasteiger partial charge in [0.25, 0.3) is 0 Å². The Morgan fingerprint density at radius 1 is 1.21 bits per heavy atom. The van der Waals surface area contributed by atoms with Crippen LogP contribution < -0.4 is 15.4 Å². The molecule has 162 valence electrons. The number of hydrogen-bond donors (Lipinski definition) is 2. The van der Waals surface area contributed by atoms with Crippen LogP contribution in [-0.2, 0) is 11.2 Å². The first kappa shape index (κ1) is 23.8. The Morgan fingerprint density at radius 2 is 1.97 bits per heavy atom. The van der Waals surface area contributed by atoms with Gasteiger partial charge in [0.15, 0.2) is 5.96 Å². The highest BCUT2D eigenvalue weighted by Gasteiger charge is 2.31. The summed E-state index contributed by atoms with van der Waals surface area (Å²) in [5.41, 5.74) is 1.18. The molecule has 2 fully saturated rings. The second-order valence-corrected chi connectivity index (χ2v) is 7.81.